The molecule has 0 aliphatic heterocycles. The molecule has 2 rings (SSSR count). The maximum Gasteiger partial charge on any atom is 0.341 e. The van der Waals surface area contributed by atoms with Gasteiger partial charge in [-0.05, 0) is 37.3 Å². The van der Waals surface area contributed by atoms with E-state index < -0.39 is 17.8 Å². The maximum absolute atomic E-state index is 12.0. The van der Waals surface area contributed by atoms with Crippen LogP contribution >= 0.6 is 0 Å². The van der Waals surface area contributed by atoms with Gasteiger partial charge in [-0.3, -0.25) is 4.79 Å². The van der Waals surface area contributed by atoms with Crippen molar-refractivity contribution in [3.05, 3.63) is 59.1 Å². The first-order valence-corrected chi connectivity index (χ1v) is 7.30. The number of rotatable bonds is 5. The minimum absolute atomic E-state index is 0.299. The van der Waals surface area contributed by atoms with Gasteiger partial charge in [-0.1, -0.05) is 6.07 Å². The van der Waals surface area contributed by atoms with E-state index in [4.69, 9.17) is 4.42 Å². The zero-order valence-electron chi connectivity index (χ0n) is 14.0. The van der Waals surface area contributed by atoms with Crippen LogP contribution in [0.25, 0.3) is 6.08 Å². The van der Waals surface area contributed by atoms with Crippen molar-refractivity contribution < 1.29 is 28.3 Å². The molecule has 130 valence electrons. The largest absolute Gasteiger partial charge is 0.465 e. The Morgan fingerprint density at radius 1 is 1.08 bits per heavy atom. The predicted octanol–water partition coefficient (Wildman–Crippen LogP) is 2.81. The predicted molar refractivity (Wildman–Crippen MR) is 90.2 cm³/mol. The molecule has 7 heteroatoms. The minimum atomic E-state index is -0.509. The van der Waals surface area contributed by atoms with Crippen LogP contribution in [0, 0.1) is 6.92 Å². The van der Waals surface area contributed by atoms with Crippen molar-refractivity contribution in [3.8, 4) is 0 Å². The average Bonchev–Trinajstić information content (AvgIpc) is 2.99. The van der Waals surface area contributed by atoms with Crippen LogP contribution in [0.4, 0.5) is 5.69 Å². The van der Waals surface area contributed by atoms with Crippen LogP contribution in [-0.2, 0) is 14.3 Å². The standard InChI is InChI=1S/C18H17NO6/c1-11-15(18(22)24-3)10-14(25-11)7-8-16(20)19-13-6-4-5-12(9-13)17(21)23-2/h4-10H,1-3H3,(H,19,20)/b8-7+. The fraction of sp³-hybridized carbons (Fsp3) is 0.167. The summed E-state index contributed by atoms with van der Waals surface area (Å²) in [6, 6.07) is 7.85. The summed E-state index contributed by atoms with van der Waals surface area (Å²) in [5, 5.41) is 2.62. The first-order chi connectivity index (χ1) is 11.9. The van der Waals surface area contributed by atoms with Crippen LogP contribution in [0.2, 0.25) is 0 Å². The number of carbonyl (C=O) groups excluding carboxylic acids is 3. The van der Waals surface area contributed by atoms with E-state index in [9.17, 15) is 14.4 Å². The van der Waals surface area contributed by atoms with Crippen LogP contribution in [0.1, 0.15) is 32.2 Å². The Morgan fingerprint density at radius 2 is 1.80 bits per heavy atom. The number of nitrogens with one attached hydrogen (secondary N) is 1. The molecule has 1 aromatic heterocycles. The molecule has 0 fully saturated rings. The molecule has 0 aliphatic rings. The number of hydrogen-bond acceptors (Lipinski definition) is 6. The number of carbonyl (C=O) groups is 3. The molecule has 1 amide bonds. The zero-order valence-corrected chi connectivity index (χ0v) is 14.0. The lowest BCUT2D eigenvalue weighted by Crippen LogP contribution is -2.09. The Balaban J connectivity index is 2.06. The fourth-order valence-corrected chi connectivity index (χ4v) is 2.08. The van der Waals surface area contributed by atoms with Gasteiger partial charge in [0.15, 0.2) is 0 Å². The third-order valence-electron chi connectivity index (χ3n) is 3.29. The summed E-state index contributed by atoms with van der Waals surface area (Å²) in [6.45, 7) is 1.63. The second kappa shape index (κ2) is 7.96. The van der Waals surface area contributed by atoms with Gasteiger partial charge in [-0.25, -0.2) is 9.59 Å². The Kier molecular flexibility index (Phi) is 5.73. The van der Waals surface area contributed by atoms with Gasteiger partial charge >= 0.3 is 11.9 Å². The highest BCUT2D eigenvalue weighted by Gasteiger charge is 2.14. The Morgan fingerprint density at radius 3 is 2.48 bits per heavy atom. The van der Waals surface area contributed by atoms with Crippen LogP contribution in [0.3, 0.4) is 0 Å². The monoisotopic (exact) mass is 343 g/mol. The number of aryl methyl sites for hydroxylation is 1. The van der Waals surface area contributed by atoms with Crippen molar-refractivity contribution in [2.75, 3.05) is 19.5 Å². The number of methoxy groups -OCH3 is 2. The van der Waals surface area contributed by atoms with Crippen LogP contribution < -0.4 is 5.32 Å². The van der Waals surface area contributed by atoms with Gasteiger partial charge in [-0.2, -0.15) is 0 Å². The Hall–Kier alpha value is -3.35. The molecule has 7 nitrogen and oxygen atoms in total. The average molecular weight is 343 g/mol. The Labute approximate surface area is 144 Å². The Bertz CT molecular complexity index is 834. The molecule has 2 aromatic rings. The van der Waals surface area contributed by atoms with Crippen molar-refractivity contribution in [1.82, 2.24) is 0 Å². The van der Waals surface area contributed by atoms with Crippen molar-refractivity contribution >= 4 is 29.6 Å². The molecule has 25 heavy (non-hydrogen) atoms. The first kappa shape index (κ1) is 18.0. The molecule has 0 saturated heterocycles. The molecular weight excluding hydrogens is 326 g/mol. The summed E-state index contributed by atoms with van der Waals surface area (Å²) in [5.74, 6) is -0.678. The number of benzene rings is 1. The smallest absolute Gasteiger partial charge is 0.341 e. The van der Waals surface area contributed by atoms with E-state index >= 15 is 0 Å². The van der Waals surface area contributed by atoms with Gasteiger partial charge in [0.05, 0.1) is 19.8 Å². The summed E-state index contributed by atoms with van der Waals surface area (Å²) in [5.41, 5.74) is 1.07. The highest BCUT2D eigenvalue weighted by atomic mass is 16.5. The first-order valence-electron chi connectivity index (χ1n) is 7.30. The molecular formula is C18H17NO6. The lowest BCUT2D eigenvalue weighted by atomic mass is 10.2. The third kappa shape index (κ3) is 4.57. The van der Waals surface area contributed by atoms with Gasteiger partial charge in [-0.15, -0.1) is 0 Å². The van der Waals surface area contributed by atoms with Gasteiger partial charge in [0, 0.05) is 11.8 Å². The van der Waals surface area contributed by atoms with Gasteiger partial charge in [0.1, 0.15) is 17.1 Å². The molecule has 0 unspecified atom stereocenters. The van der Waals surface area contributed by atoms with Crippen molar-refractivity contribution in [1.29, 1.82) is 0 Å². The fourth-order valence-electron chi connectivity index (χ4n) is 2.08. The van der Waals surface area contributed by atoms with E-state index in [1.807, 2.05) is 0 Å². The molecule has 1 heterocycles. The zero-order chi connectivity index (χ0) is 18.4. The molecule has 0 radical (unpaired) electrons. The highest BCUT2D eigenvalue weighted by Crippen LogP contribution is 2.17. The van der Waals surface area contributed by atoms with Crippen molar-refractivity contribution in [2.24, 2.45) is 0 Å². The molecule has 1 N–H and O–H groups in total. The van der Waals surface area contributed by atoms with Gasteiger partial charge in [0.2, 0.25) is 5.91 Å². The topological polar surface area (TPSA) is 94.8 Å². The molecule has 0 bridgehead atoms. The van der Waals surface area contributed by atoms with E-state index in [0.717, 1.165) is 0 Å². The number of esters is 2. The van der Waals surface area contributed by atoms with Gasteiger partial charge in [0.25, 0.3) is 0 Å². The van der Waals surface area contributed by atoms with E-state index in [1.165, 1.54) is 38.5 Å². The van der Waals surface area contributed by atoms with Crippen LogP contribution in [0.5, 0.6) is 0 Å². The summed E-state index contributed by atoms with van der Waals surface area (Å²) in [7, 11) is 2.56. The van der Waals surface area contributed by atoms with Crippen molar-refractivity contribution in [2.45, 2.75) is 6.92 Å². The lowest BCUT2D eigenvalue weighted by molar-refractivity contribution is -0.111. The third-order valence-corrected chi connectivity index (χ3v) is 3.29. The van der Waals surface area contributed by atoms with Crippen LogP contribution in [0.15, 0.2) is 40.8 Å². The normalized spacial score (nSPS) is 10.5. The van der Waals surface area contributed by atoms with Crippen molar-refractivity contribution in [3.63, 3.8) is 0 Å². The van der Waals surface area contributed by atoms with Gasteiger partial charge < -0.3 is 19.2 Å². The molecule has 0 spiro atoms. The molecule has 0 atom stereocenters. The van der Waals surface area contributed by atoms with E-state index in [-0.39, 0.29) is 0 Å². The highest BCUT2D eigenvalue weighted by molar-refractivity contribution is 6.02. The molecule has 0 aliphatic carbocycles. The second-order valence-electron chi connectivity index (χ2n) is 5.01. The summed E-state index contributed by atoms with van der Waals surface area (Å²) in [4.78, 5) is 35.0. The van der Waals surface area contributed by atoms with E-state index in [2.05, 4.69) is 14.8 Å². The van der Waals surface area contributed by atoms with E-state index in [1.54, 1.807) is 25.1 Å². The number of ether oxygens (including phenoxy) is 2. The quantitative estimate of drug-likeness (QED) is 0.662. The lowest BCUT2D eigenvalue weighted by Gasteiger charge is -2.04. The number of amides is 1. The summed E-state index contributed by atoms with van der Waals surface area (Å²) in [6.07, 6.45) is 2.68. The maximum atomic E-state index is 12.0. The molecule has 1 aromatic carbocycles. The number of hydrogen-bond donors (Lipinski definition) is 1. The summed E-state index contributed by atoms with van der Waals surface area (Å²) >= 11 is 0. The SMILES string of the molecule is COC(=O)c1cccc(NC(=O)/C=C/c2cc(C(=O)OC)c(C)o2)c1. The second-order valence-corrected chi connectivity index (χ2v) is 5.01. The molecule has 0 saturated carbocycles. The van der Waals surface area contributed by atoms with Crippen LogP contribution in [-0.4, -0.2) is 32.1 Å². The number of furan rings is 1. The van der Waals surface area contributed by atoms with E-state index in [0.29, 0.717) is 28.3 Å². The number of anilines is 1. The minimum Gasteiger partial charge on any atom is -0.465 e. The summed E-state index contributed by atoms with van der Waals surface area (Å²) < 4.78 is 14.6.